The number of hydrogen-bond donors (Lipinski definition) is 1. The van der Waals surface area contributed by atoms with E-state index in [9.17, 15) is 9.90 Å². The molecule has 0 radical (unpaired) electrons. The Hall–Kier alpha value is -3.38. The Kier molecular flexibility index (Phi) is 7.92. The van der Waals surface area contributed by atoms with E-state index < -0.39 is 5.97 Å². The first-order valence-corrected chi connectivity index (χ1v) is 14.1. The predicted molar refractivity (Wildman–Crippen MR) is 153 cm³/mol. The minimum absolute atomic E-state index is 0.0182. The van der Waals surface area contributed by atoms with E-state index in [1.807, 2.05) is 12.1 Å². The molecule has 0 saturated heterocycles. The first-order chi connectivity index (χ1) is 19.1. The van der Waals surface area contributed by atoms with E-state index in [1.54, 1.807) is 26.4 Å². The monoisotopic (exact) mass is 546 g/mol. The number of aliphatic carboxylic acids is 1. The first kappa shape index (κ1) is 28.2. The maximum Gasteiger partial charge on any atom is 0.303 e. The summed E-state index contributed by atoms with van der Waals surface area (Å²) in [6, 6.07) is 17.1. The topological polar surface area (TPSA) is 65.0 Å². The Morgan fingerprint density at radius 1 is 1.02 bits per heavy atom. The Morgan fingerprint density at radius 2 is 1.80 bits per heavy atom. The van der Waals surface area contributed by atoms with Gasteiger partial charge in [-0.05, 0) is 101 Å². The van der Waals surface area contributed by atoms with Crippen molar-refractivity contribution in [3.05, 3.63) is 82.7 Å². The highest BCUT2D eigenvalue weighted by Crippen LogP contribution is 2.47. The molecule has 1 heterocycles. The fourth-order valence-electron chi connectivity index (χ4n) is 6.12. The van der Waals surface area contributed by atoms with Crippen molar-refractivity contribution in [3.63, 3.8) is 0 Å². The van der Waals surface area contributed by atoms with Crippen molar-refractivity contribution in [2.24, 2.45) is 11.3 Å². The molecule has 1 saturated carbocycles. The number of halogens is 1. The lowest BCUT2D eigenvalue weighted by Gasteiger charge is -2.33. The normalized spacial score (nSPS) is 18.4. The fraction of sp³-hybridized carbons (Fsp3) is 0.441. The number of ether oxygens (including phenoxy) is 3. The van der Waals surface area contributed by atoms with Crippen LogP contribution in [0.5, 0.6) is 11.5 Å². The molecule has 1 aliphatic carbocycles. The van der Waals surface area contributed by atoms with E-state index in [1.165, 1.54) is 6.07 Å². The maximum absolute atomic E-state index is 15.1. The summed E-state index contributed by atoms with van der Waals surface area (Å²) in [5.74, 6) is 0.786. The Labute approximate surface area is 236 Å². The average molecular weight is 547 g/mol. The summed E-state index contributed by atoms with van der Waals surface area (Å²) in [7, 11) is 3.27. The lowest BCUT2D eigenvalue weighted by atomic mass is 9.80. The molecule has 1 aliphatic heterocycles. The minimum Gasteiger partial charge on any atom is -0.497 e. The van der Waals surface area contributed by atoms with Gasteiger partial charge in [0, 0.05) is 12.7 Å². The highest BCUT2D eigenvalue weighted by molar-refractivity contribution is 5.71. The van der Waals surface area contributed by atoms with Crippen molar-refractivity contribution in [2.45, 2.75) is 71.0 Å². The van der Waals surface area contributed by atoms with Crippen molar-refractivity contribution >= 4 is 5.97 Å². The molecule has 1 unspecified atom stereocenters. The average Bonchev–Trinajstić information content (AvgIpc) is 3.76. The van der Waals surface area contributed by atoms with Crippen LogP contribution in [0, 0.1) is 17.2 Å². The van der Waals surface area contributed by atoms with Crippen LogP contribution in [0.25, 0.3) is 11.1 Å². The van der Waals surface area contributed by atoms with Crippen LogP contribution in [0.15, 0.2) is 54.6 Å². The van der Waals surface area contributed by atoms with Crippen LogP contribution in [0.1, 0.15) is 86.8 Å². The van der Waals surface area contributed by atoms with E-state index in [2.05, 4.69) is 45.0 Å². The number of aryl methyl sites for hydroxylation is 1. The van der Waals surface area contributed by atoms with E-state index in [4.69, 9.17) is 14.2 Å². The Morgan fingerprint density at radius 3 is 2.45 bits per heavy atom. The van der Waals surface area contributed by atoms with Crippen LogP contribution in [0.2, 0.25) is 0 Å². The lowest BCUT2D eigenvalue weighted by Crippen LogP contribution is -2.22. The Bertz CT molecular complexity index is 1390. The van der Waals surface area contributed by atoms with Crippen LogP contribution >= 0.6 is 0 Å². The number of carboxylic acid groups (broad SMARTS) is 1. The molecule has 0 aromatic heterocycles. The largest absolute Gasteiger partial charge is 0.497 e. The molecule has 3 aromatic rings. The number of rotatable bonds is 9. The predicted octanol–water partition coefficient (Wildman–Crippen LogP) is 8.27. The van der Waals surface area contributed by atoms with Crippen molar-refractivity contribution < 1.29 is 28.5 Å². The van der Waals surface area contributed by atoms with Crippen molar-refractivity contribution in [2.75, 3.05) is 14.2 Å². The zero-order chi connectivity index (χ0) is 28.6. The summed E-state index contributed by atoms with van der Waals surface area (Å²) in [5.41, 5.74) is 5.09. The lowest BCUT2D eigenvalue weighted by molar-refractivity contribution is -0.137. The highest BCUT2D eigenvalue weighted by atomic mass is 19.1. The third kappa shape index (κ3) is 5.87. The molecular weight excluding hydrogens is 507 g/mol. The van der Waals surface area contributed by atoms with Gasteiger partial charge in [0.1, 0.15) is 23.4 Å². The smallest absolute Gasteiger partial charge is 0.303 e. The van der Waals surface area contributed by atoms with Gasteiger partial charge >= 0.3 is 5.97 Å². The van der Waals surface area contributed by atoms with Gasteiger partial charge in [0.15, 0.2) is 0 Å². The number of carbonyl (C=O) groups is 1. The molecule has 212 valence electrons. The number of benzene rings is 3. The van der Waals surface area contributed by atoms with Gasteiger partial charge in [-0.2, -0.15) is 0 Å². The molecule has 0 amide bonds. The number of carboxylic acids is 1. The molecule has 5 rings (SSSR count). The van der Waals surface area contributed by atoms with Crippen molar-refractivity contribution in [3.8, 4) is 22.6 Å². The van der Waals surface area contributed by atoms with Gasteiger partial charge in [-0.25, -0.2) is 4.39 Å². The van der Waals surface area contributed by atoms with Gasteiger partial charge in [0.2, 0.25) is 0 Å². The summed E-state index contributed by atoms with van der Waals surface area (Å²) in [6.07, 6.45) is 3.51. The second kappa shape index (κ2) is 11.2. The second-order valence-electron chi connectivity index (χ2n) is 12.2. The summed E-state index contributed by atoms with van der Waals surface area (Å²) in [6.45, 7) is 6.34. The Balaban J connectivity index is 1.52. The fourth-order valence-corrected chi connectivity index (χ4v) is 6.12. The van der Waals surface area contributed by atoms with Crippen molar-refractivity contribution in [1.29, 1.82) is 0 Å². The van der Waals surface area contributed by atoms with E-state index in [0.29, 0.717) is 17.2 Å². The van der Waals surface area contributed by atoms with Crippen LogP contribution in [0.4, 0.5) is 4.39 Å². The molecule has 0 spiro atoms. The van der Waals surface area contributed by atoms with Gasteiger partial charge < -0.3 is 19.3 Å². The summed E-state index contributed by atoms with van der Waals surface area (Å²) in [5, 5.41) is 9.48. The minimum atomic E-state index is -0.764. The first-order valence-electron chi connectivity index (χ1n) is 14.1. The maximum atomic E-state index is 15.1. The molecule has 6 heteroatoms. The summed E-state index contributed by atoms with van der Waals surface area (Å²) >= 11 is 0. The number of hydrogen-bond acceptors (Lipinski definition) is 4. The van der Waals surface area contributed by atoms with Gasteiger partial charge in [-0.1, -0.05) is 45.0 Å². The van der Waals surface area contributed by atoms with Gasteiger partial charge in [0.25, 0.3) is 0 Å². The third-order valence-electron chi connectivity index (χ3n) is 8.27. The standard InChI is InChI=1S/C34H39FO5/c1-34(2,3)33(39-5)28-16-23(10-13-25(28)27-18-24(38-4)12-14-29(27)35)30-15-11-21-8-9-22(17-31(21)40-30)26(19-32(36)37)20-6-7-20/h8-10,12-14,16-18,20,26,30,33H,6-7,11,15,19H2,1-5H3,(H,36,37)/t26-,30?,33-/m0/s1. The van der Waals surface area contributed by atoms with Gasteiger partial charge in [-0.3, -0.25) is 4.79 Å². The van der Waals surface area contributed by atoms with Crippen LogP contribution < -0.4 is 9.47 Å². The SMILES string of the molecule is COc1ccc(F)c(-c2ccc(C3CCc4ccc([C@@H](CC(=O)O)C5CC5)cc4O3)cc2[C@H](OC)C(C)(C)C)c1. The van der Waals surface area contributed by atoms with E-state index in [-0.39, 0.29) is 35.8 Å². The summed E-state index contributed by atoms with van der Waals surface area (Å²) in [4.78, 5) is 11.5. The molecule has 3 atom stereocenters. The summed E-state index contributed by atoms with van der Waals surface area (Å²) < 4.78 is 33.1. The third-order valence-corrected chi connectivity index (χ3v) is 8.27. The molecule has 0 bridgehead atoms. The van der Waals surface area contributed by atoms with E-state index in [0.717, 1.165) is 59.3 Å². The zero-order valence-electron chi connectivity index (χ0n) is 24.0. The van der Waals surface area contributed by atoms with Gasteiger partial charge in [-0.15, -0.1) is 0 Å². The molecule has 1 fully saturated rings. The molecule has 2 aliphatic rings. The van der Waals surface area contributed by atoms with Crippen LogP contribution in [-0.4, -0.2) is 25.3 Å². The zero-order valence-corrected chi connectivity index (χ0v) is 24.0. The van der Waals surface area contributed by atoms with Gasteiger partial charge in [0.05, 0.1) is 19.6 Å². The van der Waals surface area contributed by atoms with Crippen LogP contribution in [0.3, 0.4) is 0 Å². The second-order valence-corrected chi connectivity index (χ2v) is 12.2. The molecule has 40 heavy (non-hydrogen) atoms. The van der Waals surface area contributed by atoms with Crippen LogP contribution in [-0.2, 0) is 16.0 Å². The molecular formula is C34H39FO5. The van der Waals surface area contributed by atoms with E-state index >= 15 is 4.39 Å². The number of fused-ring (bicyclic) bond motifs is 1. The number of methoxy groups -OCH3 is 2. The molecule has 1 N–H and O–H groups in total. The quantitative estimate of drug-likeness (QED) is 0.293. The molecule has 3 aromatic carbocycles. The highest BCUT2D eigenvalue weighted by Gasteiger charge is 2.35. The molecule has 5 nitrogen and oxygen atoms in total. The van der Waals surface area contributed by atoms with Crippen molar-refractivity contribution in [1.82, 2.24) is 0 Å².